The summed E-state index contributed by atoms with van der Waals surface area (Å²) in [5.41, 5.74) is 9.52. The van der Waals surface area contributed by atoms with Crippen molar-refractivity contribution in [3.63, 3.8) is 0 Å². The highest BCUT2D eigenvalue weighted by molar-refractivity contribution is 5.64. The first-order chi connectivity index (χ1) is 14.9. The van der Waals surface area contributed by atoms with E-state index < -0.39 is 0 Å². The zero-order valence-electron chi connectivity index (χ0n) is 18.5. The van der Waals surface area contributed by atoms with E-state index in [2.05, 4.69) is 15.9 Å². The average molecular weight is 427 g/mol. The van der Waals surface area contributed by atoms with Crippen LogP contribution in [0.25, 0.3) is 0 Å². The number of benzene rings is 1. The summed E-state index contributed by atoms with van der Waals surface area (Å²) < 4.78 is 7.65. The molecule has 0 radical (unpaired) electrons. The average Bonchev–Trinajstić information content (AvgIpc) is 2.99. The molecule has 0 bridgehead atoms. The van der Waals surface area contributed by atoms with Crippen molar-refractivity contribution < 1.29 is 14.9 Å². The van der Waals surface area contributed by atoms with Gasteiger partial charge in [-0.3, -0.25) is 9.47 Å². The number of nitrogens with zero attached hydrogens (tertiary/aromatic N) is 3. The third-order valence-electron chi connectivity index (χ3n) is 6.14. The van der Waals surface area contributed by atoms with Crippen molar-refractivity contribution in [1.82, 2.24) is 9.47 Å². The van der Waals surface area contributed by atoms with E-state index in [4.69, 9.17) is 10.5 Å². The van der Waals surface area contributed by atoms with E-state index in [1.165, 1.54) is 0 Å². The lowest BCUT2D eigenvalue weighted by molar-refractivity contribution is 0.235. The van der Waals surface area contributed by atoms with Crippen LogP contribution in [0.15, 0.2) is 30.4 Å². The van der Waals surface area contributed by atoms with Gasteiger partial charge in [0, 0.05) is 55.6 Å². The molecule has 7 heteroatoms. The monoisotopic (exact) mass is 426 g/mol. The number of aromatic nitrogens is 1. The van der Waals surface area contributed by atoms with Crippen molar-refractivity contribution in [2.75, 3.05) is 43.4 Å². The minimum absolute atomic E-state index is 0.102. The van der Waals surface area contributed by atoms with E-state index in [9.17, 15) is 10.2 Å². The minimum atomic E-state index is 0.102. The van der Waals surface area contributed by atoms with Gasteiger partial charge in [-0.15, -0.1) is 0 Å². The van der Waals surface area contributed by atoms with Gasteiger partial charge in [0.05, 0.1) is 11.8 Å². The Hall–Kier alpha value is -2.80. The number of nitrogens with two attached hydrogens (primary N) is 1. The molecule has 1 aliphatic heterocycles. The van der Waals surface area contributed by atoms with Crippen molar-refractivity contribution in [1.29, 1.82) is 0 Å². The third-order valence-corrected chi connectivity index (χ3v) is 6.14. The molecule has 0 saturated carbocycles. The maximum Gasteiger partial charge on any atom is 0.197 e. The van der Waals surface area contributed by atoms with E-state index in [0.29, 0.717) is 25.1 Å². The lowest BCUT2D eigenvalue weighted by atomic mass is 10.0. The Bertz CT molecular complexity index is 911. The van der Waals surface area contributed by atoms with E-state index in [1.807, 2.05) is 38.1 Å². The first-order valence-corrected chi connectivity index (χ1v) is 11.2. The largest absolute Gasteiger partial charge is 0.494 e. The highest BCUT2D eigenvalue weighted by atomic mass is 16.5. The molecule has 1 aromatic carbocycles. The number of nitrogen functional groups attached to an aromatic ring is 1. The Morgan fingerprint density at radius 3 is 2.23 bits per heavy atom. The van der Waals surface area contributed by atoms with E-state index >= 15 is 0 Å². The van der Waals surface area contributed by atoms with Crippen LogP contribution in [0.3, 0.4) is 0 Å². The smallest absolute Gasteiger partial charge is 0.197 e. The molecule has 2 aromatic rings. The van der Waals surface area contributed by atoms with Crippen LogP contribution in [0.5, 0.6) is 17.5 Å². The minimum Gasteiger partial charge on any atom is -0.494 e. The van der Waals surface area contributed by atoms with Gasteiger partial charge in [0.25, 0.3) is 0 Å². The van der Waals surface area contributed by atoms with Crippen molar-refractivity contribution in [3.05, 3.63) is 41.5 Å². The normalized spacial score (nSPS) is 16.7. The molecule has 1 fully saturated rings. The standard InChI is InChI=1S/C24H34N4O3/c1-17(2)31-22-16-18(25)8-9-21(22)27-14-12-26(13-15-27)10-5-11-28-23(29)19-6-3-4-7-20(19)24(28)30/h3-4,8-9,16-17,29-30H,5-7,10-15,25H2,1-2H3. The second kappa shape index (κ2) is 9.14. The van der Waals surface area contributed by atoms with Crippen molar-refractivity contribution in [2.45, 2.75) is 45.8 Å². The summed E-state index contributed by atoms with van der Waals surface area (Å²) in [5.74, 6) is 1.30. The molecule has 31 heavy (non-hydrogen) atoms. The van der Waals surface area contributed by atoms with Gasteiger partial charge in [-0.25, -0.2) is 0 Å². The second-order valence-electron chi connectivity index (χ2n) is 8.71. The highest BCUT2D eigenvalue weighted by Crippen LogP contribution is 2.37. The molecule has 4 N–H and O–H groups in total. The van der Waals surface area contributed by atoms with Gasteiger partial charge >= 0.3 is 0 Å². The van der Waals surface area contributed by atoms with Crippen molar-refractivity contribution in [2.24, 2.45) is 0 Å². The Morgan fingerprint density at radius 1 is 0.968 bits per heavy atom. The van der Waals surface area contributed by atoms with E-state index in [0.717, 1.165) is 61.7 Å². The molecule has 0 atom stereocenters. The Balaban J connectivity index is 1.30. The summed E-state index contributed by atoms with van der Waals surface area (Å²) in [6.07, 6.45) is 6.46. The van der Waals surface area contributed by atoms with Crippen LogP contribution in [0, 0.1) is 0 Å². The molecule has 4 rings (SSSR count). The molecule has 0 amide bonds. The predicted octanol–water partition coefficient (Wildman–Crippen LogP) is 3.14. The van der Waals surface area contributed by atoms with Crippen molar-refractivity contribution >= 4 is 11.4 Å². The van der Waals surface area contributed by atoms with Crippen LogP contribution in [0.2, 0.25) is 0 Å². The van der Waals surface area contributed by atoms with E-state index in [-0.39, 0.29) is 17.9 Å². The number of hydrogen-bond donors (Lipinski definition) is 3. The summed E-state index contributed by atoms with van der Waals surface area (Å²) in [7, 11) is 0. The zero-order valence-corrected chi connectivity index (χ0v) is 18.5. The van der Waals surface area contributed by atoms with Gasteiger partial charge in [-0.05, 0) is 51.8 Å². The number of fused-ring (bicyclic) bond motifs is 1. The molecule has 1 aliphatic carbocycles. The Morgan fingerprint density at radius 2 is 1.61 bits per heavy atom. The molecule has 168 valence electrons. The van der Waals surface area contributed by atoms with Crippen LogP contribution in [-0.4, -0.2) is 58.5 Å². The first kappa shape index (κ1) is 21.4. The number of rotatable bonds is 7. The Kier molecular flexibility index (Phi) is 6.32. The van der Waals surface area contributed by atoms with Crippen LogP contribution in [-0.2, 0) is 19.4 Å². The Labute approximate surface area is 184 Å². The number of anilines is 2. The summed E-state index contributed by atoms with van der Waals surface area (Å²) in [4.78, 5) is 4.80. The number of aromatic hydroxyl groups is 2. The predicted molar refractivity (Wildman–Crippen MR) is 124 cm³/mol. The van der Waals surface area contributed by atoms with Crippen LogP contribution in [0.4, 0.5) is 11.4 Å². The first-order valence-electron chi connectivity index (χ1n) is 11.2. The fourth-order valence-corrected chi connectivity index (χ4v) is 4.54. The van der Waals surface area contributed by atoms with Gasteiger partial charge in [0.15, 0.2) is 11.8 Å². The topological polar surface area (TPSA) is 87.1 Å². The van der Waals surface area contributed by atoms with Gasteiger partial charge < -0.3 is 25.6 Å². The summed E-state index contributed by atoms with van der Waals surface area (Å²) in [5, 5.41) is 21.0. The quantitative estimate of drug-likeness (QED) is 0.466. The summed E-state index contributed by atoms with van der Waals surface area (Å²) >= 11 is 0. The molecular formula is C24H34N4O3. The summed E-state index contributed by atoms with van der Waals surface area (Å²) in [6.45, 7) is 9.40. The number of hydrogen-bond acceptors (Lipinski definition) is 6. The molecule has 1 aromatic heterocycles. The van der Waals surface area contributed by atoms with Crippen molar-refractivity contribution in [3.8, 4) is 17.5 Å². The fraction of sp³-hybridized carbons (Fsp3) is 0.500. The second-order valence-corrected chi connectivity index (χ2v) is 8.71. The highest BCUT2D eigenvalue weighted by Gasteiger charge is 2.23. The number of allylic oxidation sites excluding steroid dienone is 2. The fourth-order valence-electron chi connectivity index (χ4n) is 4.54. The molecule has 0 unspecified atom stereocenters. The van der Waals surface area contributed by atoms with Crippen LogP contribution in [0.1, 0.15) is 31.4 Å². The number of piperazine rings is 1. The van der Waals surface area contributed by atoms with Gasteiger partial charge in [0.1, 0.15) is 5.75 Å². The molecular weight excluding hydrogens is 392 g/mol. The lowest BCUT2D eigenvalue weighted by Gasteiger charge is -2.37. The molecule has 7 nitrogen and oxygen atoms in total. The zero-order chi connectivity index (χ0) is 22.0. The maximum absolute atomic E-state index is 10.5. The lowest BCUT2D eigenvalue weighted by Crippen LogP contribution is -2.46. The molecule has 1 saturated heterocycles. The molecule has 2 heterocycles. The molecule has 2 aliphatic rings. The van der Waals surface area contributed by atoms with Gasteiger partial charge in [-0.1, -0.05) is 12.2 Å². The van der Waals surface area contributed by atoms with Crippen LogP contribution < -0.4 is 15.4 Å². The van der Waals surface area contributed by atoms with E-state index in [1.54, 1.807) is 4.57 Å². The van der Waals surface area contributed by atoms with Crippen LogP contribution >= 0.6 is 0 Å². The third kappa shape index (κ3) is 4.61. The SMILES string of the molecule is CC(C)Oc1cc(N)ccc1N1CCN(CCCn2c(O)c3c(c2O)CC=CC3)CC1. The molecule has 0 spiro atoms. The van der Waals surface area contributed by atoms with Gasteiger partial charge in [-0.2, -0.15) is 0 Å². The van der Waals surface area contributed by atoms with Gasteiger partial charge in [0.2, 0.25) is 0 Å². The summed E-state index contributed by atoms with van der Waals surface area (Å²) in [6, 6.07) is 5.89. The maximum atomic E-state index is 10.5. The number of ether oxygens (including phenoxy) is 1.